The number of aromatic nitrogens is 4. The van der Waals surface area contributed by atoms with Crippen LogP contribution < -0.4 is 0 Å². The van der Waals surface area contributed by atoms with Crippen molar-refractivity contribution >= 4 is 109 Å². The number of para-hydroxylation sites is 4. The first-order chi connectivity index (χ1) is 33.2. The molecule has 0 N–H and O–H groups in total. The number of benzene rings is 11. The van der Waals surface area contributed by atoms with Gasteiger partial charge in [0.1, 0.15) is 11.2 Å². The number of furan rings is 1. The molecule has 0 aliphatic heterocycles. The van der Waals surface area contributed by atoms with Crippen molar-refractivity contribution in [3.63, 3.8) is 0 Å². The summed E-state index contributed by atoms with van der Waals surface area (Å²) < 4.78 is 11.3. The first-order valence-electron chi connectivity index (χ1n) is 22.8. The van der Waals surface area contributed by atoms with Gasteiger partial charge in [-0.1, -0.05) is 152 Å². The largest absolute Gasteiger partial charge is 0.456 e. The molecule has 11 aromatic carbocycles. The monoisotopic (exact) mass is 852 g/mol. The van der Waals surface area contributed by atoms with Crippen molar-refractivity contribution in [2.45, 2.75) is 0 Å². The summed E-state index contributed by atoms with van der Waals surface area (Å²) in [5, 5.41) is 15.1. The van der Waals surface area contributed by atoms with Gasteiger partial charge in [0.05, 0.1) is 44.7 Å². The molecule has 0 aliphatic rings. The van der Waals surface area contributed by atoms with Gasteiger partial charge < -0.3 is 13.6 Å². The van der Waals surface area contributed by atoms with Crippen LogP contribution in [0.5, 0.6) is 0 Å². The van der Waals surface area contributed by atoms with Crippen molar-refractivity contribution in [3.05, 3.63) is 218 Å². The fourth-order valence-corrected chi connectivity index (χ4v) is 11.1. The molecule has 4 heterocycles. The molecule has 0 unspecified atom stereocenters. The fraction of sp³-hybridized carbons (Fsp3) is 0. The Labute approximate surface area is 383 Å². The van der Waals surface area contributed by atoms with E-state index in [2.05, 4.69) is 203 Å². The number of rotatable bonds is 4. The Morgan fingerprint density at radius 2 is 0.881 bits per heavy atom. The zero-order valence-electron chi connectivity index (χ0n) is 36.0. The minimum absolute atomic E-state index is 0.667. The molecule has 67 heavy (non-hydrogen) atoms. The van der Waals surface area contributed by atoms with Gasteiger partial charge in [0.15, 0.2) is 5.82 Å². The molecule has 15 aromatic rings. The third-order valence-corrected chi connectivity index (χ3v) is 14.1. The molecular formula is C62H36N4O. The lowest BCUT2D eigenvalue weighted by atomic mass is 9.97. The predicted molar refractivity (Wildman–Crippen MR) is 279 cm³/mol. The highest BCUT2D eigenvalue weighted by Crippen LogP contribution is 2.44. The molecule has 5 heteroatoms. The van der Waals surface area contributed by atoms with Crippen LogP contribution in [0.2, 0.25) is 0 Å². The van der Waals surface area contributed by atoms with Gasteiger partial charge in [-0.3, -0.25) is 0 Å². The molecule has 5 nitrogen and oxygen atoms in total. The third-order valence-electron chi connectivity index (χ3n) is 14.1. The molecule has 0 saturated heterocycles. The minimum atomic E-state index is 0.667. The highest BCUT2D eigenvalue weighted by Gasteiger charge is 2.22. The Morgan fingerprint density at radius 1 is 0.313 bits per heavy atom. The second kappa shape index (κ2) is 13.7. The molecule has 0 spiro atoms. The van der Waals surface area contributed by atoms with Gasteiger partial charge in [-0.15, -0.1) is 0 Å². The van der Waals surface area contributed by atoms with Crippen LogP contribution in [0, 0.1) is 0 Å². The highest BCUT2D eigenvalue weighted by atomic mass is 16.3. The maximum absolute atomic E-state index is 6.32. The summed E-state index contributed by atoms with van der Waals surface area (Å²) in [7, 11) is 0. The van der Waals surface area contributed by atoms with Gasteiger partial charge in [0, 0.05) is 59.6 Å². The van der Waals surface area contributed by atoms with Gasteiger partial charge in [-0.05, 0) is 88.3 Å². The topological polar surface area (TPSA) is 48.8 Å². The third kappa shape index (κ3) is 5.19. The number of nitrogens with zero attached hydrogens (tertiary/aromatic N) is 4. The predicted octanol–water partition coefficient (Wildman–Crippen LogP) is 16.5. The minimum Gasteiger partial charge on any atom is -0.456 e. The molecule has 0 bridgehead atoms. The van der Waals surface area contributed by atoms with Crippen molar-refractivity contribution in [2.24, 2.45) is 0 Å². The number of hydrogen-bond acceptors (Lipinski definition) is 3. The molecule has 0 saturated carbocycles. The summed E-state index contributed by atoms with van der Waals surface area (Å²) >= 11 is 0. The van der Waals surface area contributed by atoms with Gasteiger partial charge in [-0.2, -0.15) is 0 Å². The Bertz CT molecular complexity index is 4590. The van der Waals surface area contributed by atoms with Crippen molar-refractivity contribution < 1.29 is 4.42 Å². The Balaban J connectivity index is 0.982. The lowest BCUT2D eigenvalue weighted by Gasteiger charge is -2.17. The van der Waals surface area contributed by atoms with Crippen LogP contribution in [0.3, 0.4) is 0 Å². The molecule has 0 radical (unpaired) electrons. The van der Waals surface area contributed by atoms with Crippen LogP contribution >= 0.6 is 0 Å². The smallest absolute Gasteiger partial charge is 0.161 e. The second-order valence-electron chi connectivity index (χ2n) is 17.7. The lowest BCUT2D eigenvalue weighted by molar-refractivity contribution is 0.669. The molecular weight excluding hydrogens is 817 g/mol. The molecule has 15 rings (SSSR count). The van der Waals surface area contributed by atoms with Gasteiger partial charge >= 0.3 is 0 Å². The second-order valence-corrected chi connectivity index (χ2v) is 17.7. The SMILES string of the molecule is c1ccc2cc3c(cc2c1)c1ccccc1n3-c1cccc2cc3c4ccccc4n(-c4ccc(-c5nc(-c6cccc7oc8ccccc8c67)nc6ccccc56)c5ccccc45)c3cc12. The van der Waals surface area contributed by atoms with Gasteiger partial charge in [0.2, 0.25) is 0 Å². The van der Waals surface area contributed by atoms with E-state index in [0.717, 1.165) is 82.8 Å². The van der Waals surface area contributed by atoms with E-state index >= 15 is 0 Å². The summed E-state index contributed by atoms with van der Waals surface area (Å²) in [4.78, 5) is 10.7. The van der Waals surface area contributed by atoms with Gasteiger partial charge in [-0.25, -0.2) is 9.97 Å². The fourth-order valence-electron chi connectivity index (χ4n) is 11.1. The summed E-state index contributed by atoms with van der Waals surface area (Å²) in [6, 6.07) is 78.7. The van der Waals surface area contributed by atoms with Crippen molar-refractivity contribution in [1.82, 2.24) is 19.1 Å². The van der Waals surface area contributed by atoms with Crippen LogP contribution in [-0.2, 0) is 0 Å². The summed E-state index contributed by atoms with van der Waals surface area (Å²) in [5.41, 5.74) is 12.4. The summed E-state index contributed by atoms with van der Waals surface area (Å²) in [6.07, 6.45) is 0. The molecule has 0 atom stereocenters. The Kier molecular flexibility index (Phi) is 7.44. The Morgan fingerprint density at radius 3 is 1.67 bits per heavy atom. The number of fused-ring (bicyclic) bond motifs is 13. The van der Waals surface area contributed by atoms with Crippen LogP contribution in [0.15, 0.2) is 223 Å². The zero-order chi connectivity index (χ0) is 43.7. The average molecular weight is 853 g/mol. The van der Waals surface area contributed by atoms with Crippen molar-refractivity contribution in [3.8, 4) is 34.0 Å². The molecule has 0 amide bonds. The van der Waals surface area contributed by atoms with Crippen LogP contribution in [0.4, 0.5) is 0 Å². The summed E-state index contributed by atoms with van der Waals surface area (Å²) in [5.74, 6) is 0.667. The van der Waals surface area contributed by atoms with E-state index in [1.54, 1.807) is 0 Å². The Hall–Kier alpha value is -9.06. The summed E-state index contributed by atoms with van der Waals surface area (Å²) in [6.45, 7) is 0. The highest BCUT2D eigenvalue weighted by molar-refractivity contribution is 6.19. The molecule has 310 valence electrons. The van der Waals surface area contributed by atoms with E-state index < -0.39 is 0 Å². The number of hydrogen-bond donors (Lipinski definition) is 0. The quantitative estimate of drug-likeness (QED) is 0.177. The molecule has 0 fully saturated rings. The van der Waals surface area contributed by atoms with Crippen LogP contribution in [0.25, 0.3) is 143 Å². The van der Waals surface area contributed by atoms with Crippen molar-refractivity contribution in [2.75, 3.05) is 0 Å². The standard InChI is InChI=1S/C62H36N4O/c1-2-16-38-35-56-49(33-37(38)15-1)42-20-6-10-26-52(42)65(56)54-28-13-17-39-34-50-43-21-7-11-27-53(43)66(57(50)36-48(39)54)55-32-31-44(40-18-3-4-19-41(40)55)61-45-22-5-9-25-51(45)63-62(64-61)47-24-14-30-59-60(47)46-23-8-12-29-58(46)67-59/h1-36H. The first kappa shape index (κ1) is 36.3. The first-order valence-corrected chi connectivity index (χ1v) is 22.8. The lowest BCUT2D eigenvalue weighted by Crippen LogP contribution is -1.99. The average Bonchev–Trinajstić information content (AvgIpc) is 4.04. The molecule has 4 aromatic heterocycles. The van der Waals surface area contributed by atoms with E-state index in [9.17, 15) is 0 Å². The van der Waals surface area contributed by atoms with E-state index in [0.29, 0.717) is 5.82 Å². The van der Waals surface area contributed by atoms with E-state index in [1.807, 2.05) is 24.3 Å². The van der Waals surface area contributed by atoms with Crippen LogP contribution in [0.1, 0.15) is 0 Å². The molecule has 0 aliphatic carbocycles. The maximum Gasteiger partial charge on any atom is 0.161 e. The van der Waals surface area contributed by atoms with Crippen LogP contribution in [-0.4, -0.2) is 19.1 Å². The van der Waals surface area contributed by atoms with E-state index in [1.165, 1.54) is 54.1 Å². The van der Waals surface area contributed by atoms with E-state index in [-0.39, 0.29) is 0 Å². The van der Waals surface area contributed by atoms with Crippen molar-refractivity contribution in [1.29, 1.82) is 0 Å². The van der Waals surface area contributed by atoms with Gasteiger partial charge in [0.25, 0.3) is 0 Å². The zero-order valence-corrected chi connectivity index (χ0v) is 36.0. The normalized spacial score (nSPS) is 12.2. The van der Waals surface area contributed by atoms with E-state index in [4.69, 9.17) is 14.4 Å². The maximum atomic E-state index is 6.32.